The number of pyridine rings is 1. The van der Waals surface area contributed by atoms with Gasteiger partial charge in [-0.3, -0.25) is 4.79 Å². The molecule has 2 rings (SSSR count). The van der Waals surface area contributed by atoms with Gasteiger partial charge < -0.3 is 9.30 Å². The van der Waals surface area contributed by atoms with E-state index >= 15 is 0 Å². The highest BCUT2D eigenvalue weighted by molar-refractivity contribution is 5.85. The zero-order valence-corrected chi connectivity index (χ0v) is 9.07. The number of benzene rings is 1. The minimum absolute atomic E-state index is 0.0377. The molecule has 0 unspecified atom stereocenters. The molecule has 3 nitrogen and oxygen atoms in total. The Bertz CT molecular complexity index is 570. The molecule has 0 aliphatic rings. The monoisotopic (exact) mass is 203 g/mol. The van der Waals surface area contributed by atoms with Crippen LogP contribution in [0.25, 0.3) is 10.9 Å². The van der Waals surface area contributed by atoms with Gasteiger partial charge in [0.2, 0.25) is 0 Å². The van der Waals surface area contributed by atoms with Gasteiger partial charge in [-0.25, -0.2) is 0 Å². The first-order valence-electron chi connectivity index (χ1n) is 4.78. The fourth-order valence-electron chi connectivity index (χ4n) is 1.80. The van der Waals surface area contributed by atoms with E-state index in [1.165, 1.54) is 0 Å². The molecule has 0 spiro atoms. The topological polar surface area (TPSA) is 31.2 Å². The molecule has 0 aliphatic carbocycles. The molecule has 0 amide bonds. The third kappa shape index (κ3) is 1.40. The Kier molecular flexibility index (Phi) is 2.23. The van der Waals surface area contributed by atoms with Gasteiger partial charge in [0.05, 0.1) is 12.6 Å². The Morgan fingerprint density at radius 2 is 2.07 bits per heavy atom. The van der Waals surface area contributed by atoms with Gasteiger partial charge in [0, 0.05) is 18.0 Å². The molecule has 1 aromatic carbocycles. The first-order chi connectivity index (χ1) is 7.15. The highest BCUT2D eigenvalue weighted by Gasteiger charge is 2.06. The van der Waals surface area contributed by atoms with Crippen LogP contribution in [0.2, 0.25) is 0 Å². The van der Waals surface area contributed by atoms with Crippen molar-refractivity contribution >= 4 is 10.9 Å². The second-order valence-corrected chi connectivity index (χ2v) is 3.58. The van der Waals surface area contributed by atoms with Crippen molar-refractivity contribution in [3.8, 4) is 5.75 Å². The number of methoxy groups -OCH3 is 1. The molecule has 0 saturated heterocycles. The van der Waals surface area contributed by atoms with E-state index in [9.17, 15) is 4.79 Å². The Labute approximate surface area is 87.9 Å². The van der Waals surface area contributed by atoms with Crippen LogP contribution in [0.5, 0.6) is 5.75 Å². The summed E-state index contributed by atoms with van der Waals surface area (Å²) in [4.78, 5) is 11.7. The smallest absolute Gasteiger partial charge is 0.253 e. The largest absolute Gasteiger partial charge is 0.496 e. The first-order valence-corrected chi connectivity index (χ1v) is 4.78. The summed E-state index contributed by atoms with van der Waals surface area (Å²) in [5.41, 5.74) is 1.66. The zero-order valence-electron chi connectivity index (χ0n) is 9.07. The summed E-state index contributed by atoms with van der Waals surface area (Å²) in [5.74, 6) is 0.797. The molecule has 78 valence electrons. The second kappa shape index (κ2) is 3.42. The highest BCUT2D eigenvalue weighted by atomic mass is 16.5. The number of hydrogen-bond acceptors (Lipinski definition) is 2. The maximum atomic E-state index is 11.7. The van der Waals surface area contributed by atoms with E-state index in [4.69, 9.17) is 4.74 Å². The van der Waals surface area contributed by atoms with Crippen LogP contribution in [0.3, 0.4) is 0 Å². The van der Waals surface area contributed by atoms with Crippen LogP contribution in [0.4, 0.5) is 0 Å². The van der Waals surface area contributed by atoms with Crippen molar-refractivity contribution in [3.63, 3.8) is 0 Å². The molecule has 0 saturated carbocycles. The predicted molar refractivity (Wildman–Crippen MR) is 60.5 cm³/mol. The first kappa shape index (κ1) is 9.77. The minimum Gasteiger partial charge on any atom is -0.496 e. The fourth-order valence-corrected chi connectivity index (χ4v) is 1.80. The predicted octanol–water partition coefficient (Wildman–Crippen LogP) is 1.86. The van der Waals surface area contributed by atoms with E-state index in [1.54, 1.807) is 18.7 Å². The van der Waals surface area contributed by atoms with Crippen LogP contribution in [0, 0.1) is 6.92 Å². The number of aromatic nitrogens is 1. The van der Waals surface area contributed by atoms with Crippen LogP contribution in [0.1, 0.15) is 5.56 Å². The third-order valence-electron chi connectivity index (χ3n) is 2.63. The molecule has 0 atom stereocenters. The quantitative estimate of drug-likeness (QED) is 0.708. The number of nitrogens with zero attached hydrogens (tertiary/aromatic N) is 1. The maximum Gasteiger partial charge on any atom is 0.253 e. The van der Waals surface area contributed by atoms with Gasteiger partial charge in [-0.2, -0.15) is 0 Å². The molecule has 1 heterocycles. The number of aryl methyl sites for hydroxylation is 2. The molecule has 0 bridgehead atoms. The molecular weight excluding hydrogens is 190 g/mol. The zero-order chi connectivity index (χ0) is 11.0. The van der Waals surface area contributed by atoms with Crippen molar-refractivity contribution in [2.24, 2.45) is 7.05 Å². The van der Waals surface area contributed by atoms with Crippen molar-refractivity contribution < 1.29 is 4.74 Å². The summed E-state index contributed by atoms with van der Waals surface area (Å²) in [6, 6.07) is 7.57. The Balaban J connectivity index is 2.98. The number of rotatable bonds is 1. The molecule has 0 N–H and O–H groups in total. The van der Waals surface area contributed by atoms with Crippen molar-refractivity contribution in [2.45, 2.75) is 6.92 Å². The summed E-state index contributed by atoms with van der Waals surface area (Å²) in [7, 11) is 3.41. The lowest BCUT2D eigenvalue weighted by molar-refractivity contribution is 0.419. The van der Waals surface area contributed by atoms with Crippen LogP contribution in [-0.4, -0.2) is 11.7 Å². The van der Waals surface area contributed by atoms with Crippen molar-refractivity contribution in [2.75, 3.05) is 7.11 Å². The van der Waals surface area contributed by atoms with Crippen LogP contribution >= 0.6 is 0 Å². The van der Waals surface area contributed by atoms with E-state index in [0.29, 0.717) is 0 Å². The third-order valence-corrected chi connectivity index (χ3v) is 2.63. The van der Waals surface area contributed by atoms with Crippen LogP contribution in [0.15, 0.2) is 29.1 Å². The maximum absolute atomic E-state index is 11.7. The average Bonchev–Trinajstić information content (AvgIpc) is 2.25. The molecular formula is C12H13NO2. The molecule has 0 fully saturated rings. The van der Waals surface area contributed by atoms with E-state index in [-0.39, 0.29) is 5.56 Å². The molecule has 1 aromatic heterocycles. The van der Waals surface area contributed by atoms with Crippen molar-refractivity contribution in [1.29, 1.82) is 0 Å². The van der Waals surface area contributed by atoms with Crippen molar-refractivity contribution in [1.82, 2.24) is 4.57 Å². The van der Waals surface area contributed by atoms with Gasteiger partial charge >= 0.3 is 0 Å². The molecule has 3 heteroatoms. The van der Waals surface area contributed by atoms with Crippen LogP contribution < -0.4 is 10.3 Å². The Morgan fingerprint density at radius 3 is 2.73 bits per heavy atom. The van der Waals surface area contributed by atoms with Gasteiger partial charge in [-0.1, -0.05) is 6.07 Å². The highest BCUT2D eigenvalue weighted by Crippen LogP contribution is 2.24. The minimum atomic E-state index is 0.0377. The lowest BCUT2D eigenvalue weighted by Crippen LogP contribution is -2.19. The van der Waals surface area contributed by atoms with E-state index in [2.05, 4.69) is 0 Å². The van der Waals surface area contributed by atoms with E-state index in [0.717, 1.165) is 22.2 Å². The molecule has 15 heavy (non-hydrogen) atoms. The summed E-state index contributed by atoms with van der Waals surface area (Å²) >= 11 is 0. The van der Waals surface area contributed by atoms with Gasteiger partial charge in [0.1, 0.15) is 5.75 Å². The van der Waals surface area contributed by atoms with Crippen molar-refractivity contribution in [3.05, 3.63) is 40.2 Å². The lowest BCUT2D eigenvalue weighted by Gasteiger charge is -2.09. The fraction of sp³-hybridized carbons (Fsp3) is 0.250. The normalized spacial score (nSPS) is 10.6. The summed E-state index contributed by atoms with van der Waals surface area (Å²) < 4.78 is 6.91. The lowest BCUT2D eigenvalue weighted by atomic mass is 10.1. The molecule has 0 radical (unpaired) electrons. The van der Waals surface area contributed by atoms with Gasteiger partial charge in [0.15, 0.2) is 0 Å². The number of fused-ring (bicyclic) bond motifs is 1. The summed E-state index contributed by atoms with van der Waals surface area (Å²) in [5, 5.41) is 0.972. The average molecular weight is 203 g/mol. The van der Waals surface area contributed by atoms with Gasteiger partial charge in [0.25, 0.3) is 5.56 Å². The number of ether oxygens (including phenoxy) is 1. The summed E-state index contributed by atoms with van der Waals surface area (Å²) in [6.45, 7) is 1.81. The molecule has 0 aliphatic heterocycles. The van der Waals surface area contributed by atoms with Gasteiger partial charge in [-0.15, -0.1) is 0 Å². The standard InChI is InChI=1S/C12H13NO2/c1-8-7-9-10(13(2)12(8)14)5-4-6-11(9)15-3/h4-7H,1-3H3. The van der Waals surface area contributed by atoms with Gasteiger partial charge in [-0.05, 0) is 25.1 Å². The number of hydrogen-bond donors (Lipinski definition) is 0. The second-order valence-electron chi connectivity index (χ2n) is 3.58. The summed E-state index contributed by atoms with van der Waals surface area (Å²) in [6.07, 6.45) is 0. The Morgan fingerprint density at radius 1 is 1.33 bits per heavy atom. The van der Waals surface area contributed by atoms with Crippen LogP contribution in [-0.2, 0) is 7.05 Å². The van der Waals surface area contributed by atoms with E-state index < -0.39 is 0 Å². The molecule has 2 aromatic rings. The Hall–Kier alpha value is -1.77. The SMILES string of the molecule is COc1cccc2c1cc(C)c(=O)n2C. The van der Waals surface area contributed by atoms with E-state index in [1.807, 2.05) is 31.2 Å².